The van der Waals surface area contributed by atoms with Crippen molar-refractivity contribution in [2.24, 2.45) is 0 Å². The summed E-state index contributed by atoms with van der Waals surface area (Å²) in [6, 6.07) is 7.54. The number of anilines is 1. The lowest BCUT2D eigenvalue weighted by Gasteiger charge is -2.16. The Morgan fingerprint density at radius 2 is 1.81 bits per heavy atom. The maximum Gasteiger partial charge on any atom is 0.159 e. The van der Waals surface area contributed by atoms with Crippen molar-refractivity contribution in [3.05, 3.63) is 58.7 Å². The van der Waals surface area contributed by atoms with Gasteiger partial charge in [0.25, 0.3) is 0 Å². The molecule has 2 N–H and O–H groups in total. The molecule has 0 unspecified atom stereocenters. The van der Waals surface area contributed by atoms with Crippen molar-refractivity contribution in [3.63, 3.8) is 0 Å². The highest BCUT2D eigenvalue weighted by molar-refractivity contribution is 5.55. The second-order valence-corrected chi connectivity index (χ2v) is 5.44. The van der Waals surface area contributed by atoms with E-state index in [1.165, 1.54) is 6.07 Å². The first-order valence-electron chi connectivity index (χ1n) is 6.85. The summed E-state index contributed by atoms with van der Waals surface area (Å²) in [7, 11) is 0. The molecule has 0 saturated heterocycles. The van der Waals surface area contributed by atoms with Crippen LogP contribution >= 0.6 is 0 Å². The molecule has 2 rings (SSSR count). The van der Waals surface area contributed by atoms with Crippen LogP contribution in [0.5, 0.6) is 5.75 Å². The maximum absolute atomic E-state index is 13.2. The normalized spacial score (nSPS) is 11.0. The number of hydrogen-bond donors (Lipinski definition) is 1. The van der Waals surface area contributed by atoms with Gasteiger partial charge in [0.2, 0.25) is 0 Å². The summed E-state index contributed by atoms with van der Waals surface area (Å²) in [5.74, 6) is -0.743. The average molecular weight is 291 g/mol. The molecule has 2 aromatic carbocycles. The van der Waals surface area contributed by atoms with Gasteiger partial charge in [-0.05, 0) is 53.8 Å². The summed E-state index contributed by atoms with van der Waals surface area (Å²) >= 11 is 0. The average Bonchev–Trinajstić information content (AvgIpc) is 2.43. The highest BCUT2D eigenvalue weighted by Gasteiger charge is 2.11. The Labute approximate surface area is 123 Å². The predicted octanol–water partition coefficient (Wildman–Crippen LogP) is 4.56. The molecule has 112 valence electrons. The number of halogens is 2. The minimum Gasteiger partial charge on any atom is -0.489 e. The number of benzene rings is 2. The third-order valence-electron chi connectivity index (χ3n) is 3.40. The highest BCUT2D eigenvalue weighted by atomic mass is 19.2. The van der Waals surface area contributed by atoms with Gasteiger partial charge in [-0.15, -0.1) is 0 Å². The first-order chi connectivity index (χ1) is 9.88. The van der Waals surface area contributed by atoms with Gasteiger partial charge in [0, 0.05) is 5.69 Å². The van der Waals surface area contributed by atoms with E-state index in [4.69, 9.17) is 10.5 Å². The van der Waals surface area contributed by atoms with Crippen molar-refractivity contribution in [2.75, 3.05) is 5.73 Å². The summed E-state index contributed by atoms with van der Waals surface area (Å²) in [5, 5.41) is 0. The Bertz CT molecular complexity index is 653. The Kier molecular flexibility index (Phi) is 4.46. The lowest BCUT2D eigenvalue weighted by Crippen LogP contribution is -2.03. The van der Waals surface area contributed by atoms with Gasteiger partial charge in [0.1, 0.15) is 12.4 Å². The van der Waals surface area contributed by atoms with Gasteiger partial charge in [-0.3, -0.25) is 0 Å². The van der Waals surface area contributed by atoms with Crippen LogP contribution in [-0.2, 0) is 6.61 Å². The Morgan fingerprint density at radius 3 is 2.43 bits per heavy atom. The van der Waals surface area contributed by atoms with Gasteiger partial charge < -0.3 is 10.5 Å². The molecule has 0 aromatic heterocycles. The van der Waals surface area contributed by atoms with Crippen LogP contribution in [0, 0.1) is 18.6 Å². The van der Waals surface area contributed by atoms with Gasteiger partial charge in [-0.25, -0.2) is 8.78 Å². The fourth-order valence-electron chi connectivity index (χ4n) is 2.08. The van der Waals surface area contributed by atoms with E-state index in [-0.39, 0.29) is 12.5 Å². The van der Waals surface area contributed by atoms with Crippen LogP contribution in [-0.4, -0.2) is 0 Å². The van der Waals surface area contributed by atoms with Gasteiger partial charge >= 0.3 is 0 Å². The topological polar surface area (TPSA) is 35.2 Å². The Hall–Kier alpha value is -2.10. The molecule has 2 aromatic rings. The molecule has 21 heavy (non-hydrogen) atoms. The van der Waals surface area contributed by atoms with E-state index in [9.17, 15) is 8.78 Å². The number of nitrogen functional groups attached to an aromatic ring is 1. The fraction of sp³-hybridized carbons (Fsp3) is 0.294. The zero-order chi connectivity index (χ0) is 15.6. The standard InChI is InChI=1S/C17H19F2NO/c1-10(2)13-8-16(20)11(3)6-17(13)21-9-12-4-5-14(18)15(19)7-12/h4-8,10H,9,20H2,1-3H3. The van der Waals surface area contributed by atoms with E-state index in [0.29, 0.717) is 5.56 Å². The van der Waals surface area contributed by atoms with Gasteiger partial charge in [-0.2, -0.15) is 0 Å². The van der Waals surface area contributed by atoms with Gasteiger partial charge in [0.15, 0.2) is 11.6 Å². The van der Waals surface area contributed by atoms with Crippen molar-refractivity contribution in [2.45, 2.75) is 33.3 Å². The van der Waals surface area contributed by atoms with Crippen LogP contribution in [0.15, 0.2) is 30.3 Å². The van der Waals surface area contributed by atoms with E-state index in [0.717, 1.165) is 34.7 Å². The fourth-order valence-corrected chi connectivity index (χ4v) is 2.08. The molecule has 0 aliphatic rings. The van der Waals surface area contributed by atoms with Crippen molar-refractivity contribution in [3.8, 4) is 5.75 Å². The molecule has 0 aliphatic heterocycles. The number of hydrogen-bond acceptors (Lipinski definition) is 2. The van der Waals surface area contributed by atoms with Gasteiger partial charge in [-0.1, -0.05) is 19.9 Å². The second kappa shape index (κ2) is 6.12. The summed E-state index contributed by atoms with van der Waals surface area (Å²) < 4.78 is 31.9. The van der Waals surface area contributed by atoms with Crippen molar-refractivity contribution in [1.82, 2.24) is 0 Å². The lowest BCUT2D eigenvalue weighted by molar-refractivity contribution is 0.300. The molecule has 0 bridgehead atoms. The van der Waals surface area contributed by atoms with Crippen LogP contribution in [0.1, 0.15) is 36.5 Å². The maximum atomic E-state index is 13.2. The largest absolute Gasteiger partial charge is 0.489 e. The lowest BCUT2D eigenvalue weighted by atomic mass is 9.99. The molecule has 0 amide bonds. The molecule has 0 heterocycles. The summed E-state index contributed by atoms with van der Waals surface area (Å²) in [4.78, 5) is 0. The molecule has 0 spiro atoms. The Morgan fingerprint density at radius 1 is 1.10 bits per heavy atom. The molecule has 4 heteroatoms. The summed E-state index contributed by atoms with van der Waals surface area (Å²) in [6.45, 7) is 6.19. The van der Waals surface area contributed by atoms with E-state index in [2.05, 4.69) is 13.8 Å². The molecule has 0 saturated carbocycles. The first kappa shape index (κ1) is 15.3. The quantitative estimate of drug-likeness (QED) is 0.838. The third kappa shape index (κ3) is 3.51. The minimum atomic E-state index is -0.867. The molecule has 0 atom stereocenters. The first-order valence-corrected chi connectivity index (χ1v) is 6.85. The minimum absolute atomic E-state index is 0.181. The highest BCUT2D eigenvalue weighted by Crippen LogP contribution is 2.31. The van der Waals surface area contributed by atoms with E-state index in [1.54, 1.807) is 0 Å². The molecule has 0 fully saturated rings. The molecular weight excluding hydrogens is 272 g/mol. The third-order valence-corrected chi connectivity index (χ3v) is 3.40. The van der Waals surface area contributed by atoms with Crippen LogP contribution in [0.4, 0.5) is 14.5 Å². The Balaban J connectivity index is 2.22. The molecule has 0 radical (unpaired) electrons. The van der Waals surface area contributed by atoms with Gasteiger partial charge in [0.05, 0.1) is 0 Å². The van der Waals surface area contributed by atoms with Crippen LogP contribution in [0.2, 0.25) is 0 Å². The second-order valence-electron chi connectivity index (χ2n) is 5.44. The summed E-state index contributed by atoms with van der Waals surface area (Å²) in [6.07, 6.45) is 0. The monoisotopic (exact) mass is 291 g/mol. The van der Waals surface area contributed by atoms with Crippen molar-refractivity contribution in [1.29, 1.82) is 0 Å². The van der Waals surface area contributed by atoms with Crippen LogP contribution in [0.3, 0.4) is 0 Å². The van der Waals surface area contributed by atoms with Crippen molar-refractivity contribution < 1.29 is 13.5 Å². The number of rotatable bonds is 4. The molecular formula is C17H19F2NO. The van der Waals surface area contributed by atoms with E-state index >= 15 is 0 Å². The SMILES string of the molecule is Cc1cc(OCc2ccc(F)c(F)c2)c(C(C)C)cc1N. The summed E-state index contributed by atoms with van der Waals surface area (Å²) in [5.41, 5.74) is 9.16. The zero-order valence-electron chi connectivity index (χ0n) is 12.4. The van der Waals surface area contributed by atoms with Crippen LogP contribution in [0.25, 0.3) is 0 Å². The van der Waals surface area contributed by atoms with E-state index in [1.807, 2.05) is 19.1 Å². The van der Waals surface area contributed by atoms with E-state index < -0.39 is 11.6 Å². The number of nitrogens with two attached hydrogens (primary N) is 1. The number of aryl methyl sites for hydroxylation is 1. The zero-order valence-corrected chi connectivity index (χ0v) is 12.4. The number of ether oxygens (including phenoxy) is 1. The van der Waals surface area contributed by atoms with Crippen LogP contribution < -0.4 is 10.5 Å². The molecule has 2 nitrogen and oxygen atoms in total. The molecule has 0 aliphatic carbocycles. The predicted molar refractivity (Wildman–Crippen MR) is 80.4 cm³/mol. The van der Waals surface area contributed by atoms with Crippen molar-refractivity contribution >= 4 is 5.69 Å². The smallest absolute Gasteiger partial charge is 0.159 e.